The summed E-state index contributed by atoms with van der Waals surface area (Å²) < 4.78 is 5.31. The minimum atomic E-state index is -0.444. The molecule has 2 rings (SSSR count). The van der Waals surface area contributed by atoms with Gasteiger partial charge in [0.15, 0.2) is 0 Å². The molecular weight excluding hydrogens is 232 g/mol. The van der Waals surface area contributed by atoms with Crippen molar-refractivity contribution in [2.75, 3.05) is 13.2 Å². The van der Waals surface area contributed by atoms with E-state index in [1.54, 1.807) is 6.92 Å². The summed E-state index contributed by atoms with van der Waals surface area (Å²) >= 11 is 0. The lowest BCUT2D eigenvalue weighted by Crippen LogP contribution is -2.62. The molecule has 5 nitrogen and oxygen atoms in total. The van der Waals surface area contributed by atoms with E-state index in [0.29, 0.717) is 6.61 Å². The average Bonchev–Trinajstić information content (AvgIpc) is 2.63. The van der Waals surface area contributed by atoms with Gasteiger partial charge in [0.1, 0.15) is 0 Å². The summed E-state index contributed by atoms with van der Waals surface area (Å²) in [6.45, 7) is 5.11. The highest BCUT2D eigenvalue weighted by atomic mass is 16.6. The molecule has 2 heterocycles. The summed E-state index contributed by atoms with van der Waals surface area (Å²) in [5.41, 5.74) is 0. The molecule has 0 aromatic carbocycles. The number of aliphatic hydroxyl groups excluding tert-OH is 1. The van der Waals surface area contributed by atoms with Gasteiger partial charge in [0.25, 0.3) is 0 Å². The molecule has 2 aliphatic heterocycles. The number of aliphatic hydroxyl groups is 1. The van der Waals surface area contributed by atoms with E-state index in [2.05, 4.69) is 12.2 Å². The molecule has 2 fully saturated rings. The van der Waals surface area contributed by atoms with Crippen LogP contribution >= 0.6 is 0 Å². The number of nitrogens with zero attached hydrogens (tertiary/aromatic N) is 1. The van der Waals surface area contributed by atoms with Gasteiger partial charge in [-0.1, -0.05) is 13.3 Å². The van der Waals surface area contributed by atoms with Gasteiger partial charge in [-0.3, -0.25) is 4.90 Å². The standard InChI is InChI=1S/C13H24N2O3/c1-3-4-7-18-13(17)15-10-5-6-11(15)12(9(2)16)14-8-10/h9-12,14,16H,3-8H2,1-2H3/t9-,10-,11+,12+/m0/s1. The zero-order chi connectivity index (χ0) is 13.1. The van der Waals surface area contributed by atoms with Crippen molar-refractivity contribution < 1.29 is 14.6 Å². The van der Waals surface area contributed by atoms with Crippen molar-refractivity contribution in [2.24, 2.45) is 0 Å². The highest BCUT2D eigenvalue weighted by molar-refractivity contribution is 5.69. The van der Waals surface area contributed by atoms with Crippen LogP contribution in [0.1, 0.15) is 39.5 Å². The van der Waals surface area contributed by atoms with Crippen LogP contribution in [0.2, 0.25) is 0 Å². The van der Waals surface area contributed by atoms with Crippen molar-refractivity contribution >= 4 is 6.09 Å². The first-order valence-electron chi connectivity index (χ1n) is 7.01. The first kappa shape index (κ1) is 13.6. The van der Waals surface area contributed by atoms with Gasteiger partial charge in [0, 0.05) is 12.6 Å². The van der Waals surface area contributed by atoms with Crippen molar-refractivity contribution in [3.63, 3.8) is 0 Å². The summed E-state index contributed by atoms with van der Waals surface area (Å²) in [7, 11) is 0. The lowest BCUT2D eigenvalue weighted by molar-refractivity contribution is 0.0315. The molecule has 18 heavy (non-hydrogen) atoms. The molecule has 0 unspecified atom stereocenters. The third kappa shape index (κ3) is 2.62. The molecule has 0 saturated carbocycles. The van der Waals surface area contributed by atoms with Gasteiger partial charge in [0.2, 0.25) is 0 Å². The van der Waals surface area contributed by atoms with E-state index in [9.17, 15) is 9.90 Å². The minimum Gasteiger partial charge on any atom is -0.449 e. The van der Waals surface area contributed by atoms with E-state index in [0.717, 1.165) is 32.2 Å². The summed E-state index contributed by atoms with van der Waals surface area (Å²) in [5.74, 6) is 0. The Hall–Kier alpha value is -0.810. The second kappa shape index (κ2) is 5.89. The number of fused-ring (bicyclic) bond motifs is 2. The molecule has 2 bridgehead atoms. The predicted octanol–water partition coefficient (Wildman–Crippen LogP) is 1.11. The number of amides is 1. The maximum absolute atomic E-state index is 12.1. The normalized spacial score (nSPS) is 32.4. The van der Waals surface area contributed by atoms with Crippen molar-refractivity contribution in [1.29, 1.82) is 0 Å². The number of carbonyl (C=O) groups excluding carboxylic acids is 1. The fraction of sp³-hybridized carbons (Fsp3) is 0.923. The van der Waals surface area contributed by atoms with E-state index in [-0.39, 0.29) is 24.2 Å². The molecule has 4 atom stereocenters. The molecule has 1 amide bonds. The van der Waals surface area contributed by atoms with Crippen LogP contribution in [0.4, 0.5) is 4.79 Å². The fourth-order valence-electron chi connectivity index (χ4n) is 3.03. The number of hydrogen-bond donors (Lipinski definition) is 2. The van der Waals surface area contributed by atoms with Gasteiger partial charge in [-0.2, -0.15) is 0 Å². The minimum absolute atomic E-state index is 0.0255. The Morgan fingerprint density at radius 1 is 1.56 bits per heavy atom. The van der Waals surface area contributed by atoms with Crippen molar-refractivity contribution in [1.82, 2.24) is 10.2 Å². The van der Waals surface area contributed by atoms with E-state index in [1.165, 1.54) is 0 Å². The van der Waals surface area contributed by atoms with E-state index in [1.807, 2.05) is 4.90 Å². The van der Waals surface area contributed by atoms with Gasteiger partial charge in [-0.05, 0) is 26.2 Å². The van der Waals surface area contributed by atoms with Crippen LogP contribution in [0.15, 0.2) is 0 Å². The third-order valence-corrected chi connectivity index (χ3v) is 4.00. The first-order valence-corrected chi connectivity index (χ1v) is 7.01. The van der Waals surface area contributed by atoms with Crippen LogP contribution in [0.25, 0.3) is 0 Å². The summed E-state index contributed by atoms with van der Waals surface area (Å²) in [5, 5.41) is 13.1. The summed E-state index contributed by atoms with van der Waals surface area (Å²) in [6.07, 6.45) is 3.24. The molecule has 5 heteroatoms. The van der Waals surface area contributed by atoms with Crippen LogP contribution in [0, 0.1) is 0 Å². The molecule has 2 saturated heterocycles. The number of piperazine rings is 1. The molecule has 2 N–H and O–H groups in total. The average molecular weight is 256 g/mol. The molecular formula is C13H24N2O3. The molecule has 2 aliphatic rings. The van der Waals surface area contributed by atoms with Crippen molar-refractivity contribution in [3.05, 3.63) is 0 Å². The highest BCUT2D eigenvalue weighted by Crippen LogP contribution is 2.31. The zero-order valence-electron chi connectivity index (χ0n) is 11.3. The molecule has 0 radical (unpaired) electrons. The quantitative estimate of drug-likeness (QED) is 0.740. The molecule has 0 aliphatic carbocycles. The Morgan fingerprint density at radius 2 is 2.33 bits per heavy atom. The highest BCUT2D eigenvalue weighted by Gasteiger charge is 2.46. The SMILES string of the molecule is CCCCOC(=O)N1[C@H]2CC[C@@H]1[C@@H]([C@H](C)O)NC2. The van der Waals surface area contributed by atoms with E-state index >= 15 is 0 Å². The maximum Gasteiger partial charge on any atom is 0.410 e. The van der Waals surface area contributed by atoms with Crippen LogP contribution in [0.3, 0.4) is 0 Å². The lowest BCUT2D eigenvalue weighted by Gasteiger charge is -2.41. The smallest absolute Gasteiger partial charge is 0.410 e. The Labute approximate surface area is 108 Å². The number of hydrogen-bond acceptors (Lipinski definition) is 4. The van der Waals surface area contributed by atoms with E-state index in [4.69, 9.17) is 4.74 Å². The van der Waals surface area contributed by atoms with Crippen LogP contribution in [0.5, 0.6) is 0 Å². The molecule has 0 aromatic rings. The monoisotopic (exact) mass is 256 g/mol. The summed E-state index contributed by atoms with van der Waals surface area (Å²) in [4.78, 5) is 13.9. The molecule has 104 valence electrons. The fourth-order valence-corrected chi connectivity index (χ4v) is 3.03. The van der Waals surface area contributed by atoms with Crippen molar-refractivity contribution in [2.45, 2.75) is 63.8 Å². The van der Waals surface area contributed by atoms with Gasteiger partial charge >= 0.3 is 6.09 Å². The maximum atomic E-state index is 12.1. The van der Waals surface area contributed by atoms with Crippen LogP contribution in [-0.4, -0.2) is 53.5 Å². The molecule has 0 aromatic heterocycles. The number of nitrogens with one attached hydrogen (secondary N) is 1. The van der Waals surface area contributed by atoms with Crippen LogP contribution in [-0.2, 0) is 4.74 Å². The third-order valence-electron chi connectivity index (χ3n) is 4.00. The lowest BCUT2D eigenvalue weighted by atomic mass is 10.0. The van der Waals surface area contributed by atoms with Crippen LogP contribution < -0.4 is 5.32 Å². The zero-order valence-corrected chi connectivity index (χ0v) is 11.3. The van der Waals surface area contributed by atoms with E-state index < -0.39 is 6.10 Å². The van der Waals surface area contributed by atoms with Gasteiger partial charge in [0.05, 0.1) is 24.8 Å². The Morgan fingerprint density at radius 3 is 3.00 bits per heavy atom. The largest absolute Gasteiger partial charge is 0.449 e. The number of unbranched alkanes of at least 4 members (excludes halogenated alkanes) is 1. The van der Waals surface area contributed by atoms with Gasteiger partial charge in [-0.25, -0.2) is 4.79 Å². The Balaban J connectivity index is 1.97. The second-order valence-corrected chi connectivity index (χ2v) is 5.35. The topological polar surface area (TPSA) is 61.8 Å². The predicted molar refractivity (Wildman–Crippen MR) is 68.4 cm³/mol. The number of carbonyl (C=O) groups is 1. The first-order chi connectivity index (χ1) is 8.65. The summed E-state index contributed by atoms with van der Waals surface area (Å²) in [6, 6.07) is 0.291. The Kier molecular flexibility index (Phi) is 4.45. The second-order valence-electron chi connectivity index (χ2n) is 5.35. The van der Waals surface area contributed by atoms with Gasteiger partial charge < -0.3 is 15.2 Å². The number of rotatable bonds is 4. The van der Waals surface area contributed by atoms with Crippen molar-refractivity contribution in [3.8, 4) is 0 Å². The Bertz CT molecular complexity index is 296. The van der Waals surface area contributed by atoms with Gasteiger partial charge in [-0.15, -0.1) is 0 Å². The number of ether oxygens (including phenoxy) is 1. The molecule has 0 spiro atoms.